The Hall–Kier alpha value is -1.64. The number of hydrogen-bond donors (Lipinski definition) is 0. The van der Waals surface area contributed by atoms with Gasteiger partial charge < -0.3 is 4.74 Å². The number of benzene rings is 1. The second-order valence-corrected chi connectivity index (χ2v) is 15.8. The Morgan fingerprint density at radius 3 is 2.33 bits per heavy atom. The lowest BCUT2D eigenvalue weighted by Crippen LogP contribution is -2.56. The third kappa shape index (κ3) is 4.51. The van der Waals surface area contributed by atoms with Crippen LogP contribution in [0, 0.1) is 45.3 Å². The summed E-state index contributed by atoms with van der Waals surface area (Å²) in [6.07, 6.45) is 9.82. The summed E-state index contributed by atoms with van der Waals surface area (Å²) in [7, 11) is 0. The van der Waals surface area contributed by atoms with Gasteiger partial charge in [-0.3, -0.25) is 0 Å². The van der Waals surface area contributed by atoms with Gasteiger partial charge in [-0.25, -0.2) is 9.18 Å². The van der Waals surface area contributed by atoms with Crippen molar-refractivity contribution in [2.24, 2.45) is 45.3 Å². The lowest BCUT2D eigenvalue weighted by atomic mass is 9.43. The predicted octanol–water partition coefficient (Wildman–Crippen LogP) is 10.4. The summed E-state index contributed by atoms with van der Waals surface area (Å²) >= 11 is 0. The fourth-order valence-electron chi connectivity index (χ4n) is 10.6. The van der Waals surface area contributed by atoms with E-state index in [0.717, 1.165) is 50.9 Å². The Labute approximate surface area is 243 Å². The van der Waals surface area contributed by atoms with Gasteiger partial charge in [0.2, 0.25) is 0 Å². The molecular formula is C37H55FO2. The normalized spacial score (nSPS) is 39.4. The topological polar surface area (TPSA) is 26.3 Å². The molecule has 0 unspecified atom stereocenters. The zero-order valence-electron chi connectivity index (χ0n) is 26.6. The molecule has 0 bridgehead atoms. The standard InChI is InChI=1S/C37H55FO2/c1-24(2)13-12-14-25(3)29-23-31(38)37(8)28-17-18-30-34(4,5)32(40-33(39)26-15-10-9-11-16-26)20-21-35(30,6)27(28)19-22-36(29,37)7/h9-11,15-16,24-25,29-32H,12-14,17-23H2,1-8H3/t25-,29-,30+,31+,32+,35-,36-,37-/m1/s1. The summed E-state index contributed by atoms with van der Waals surface area (Å²) in [6, 6.07) is 9.40. The largest absolute Gasteiger partial charge is 0.458 e. The minimum atomic E-state index is -0.753. The van der Waals surface area contributed by atoms with Gasteiger partial charge in [-0.1, -0.05) is 104 Å². The van der Waals surface area contributed by atoms with Gasteiger partial charge in [-0.05, 0) is 91.6 Å². The summed E-state index contributed by atoms with van der Waals surface area (Å²) in [6.45, 7) is 18.9. The highest BCUT2D eigenvalue weighted by Gasteiger charge is 2.67. The van der Waals surface area contributed by atoms with Crippen molar-refractivity contribution in [1.82, 2.24) is 0 Å². The van der Waals surface area contributed by atoms with Crippen LogP contribution in [-0.4, -0.2) is 18.2 Å². The van der Waals surface area contributed by atoms with Gasteiger partial charge in [0.15, 0.2) is 0 Å². The number of alkyl halides is 1. The van der Waals surface area contributed by atoms with E-state index < -0.39 is 6.17 Å². The molecular weight excluding hydrogens is 495 g/mol. The molecule has 40 heavy (non-hydrogen) atoms. The number of fused-ring (bicyclic) bond motifs is 4. The van der Waals surface area contributed by atoms with Crippen LogP contribution < -0.4 is 0 Å². The highest BCUT2D eigenvalue weighted by molar-refractivity contribution is 5.89. The van der Waals surface area contributed by atoms with Crippen molar-refractivity contribution >= 4 is 5.97 Å². The summed E-state index contributed by atoms with van der Waals surface area (Å²) in [4.78, 5) is 13.0. The number of carbonyl (C=O) groups is 1. The van der Waals surface area contributed by atoms with Gasteiger partial charge in [0, 0.05) is 10.8 Å². The molecule has 5 rings (SSSR count). The molecule has 0 saturated heterocycles. The number of rotatable bonds is 7. The van der Waals surface area contributed by atoms with E-state index in [4.69, 9.17) is 4.74 Å². The SMILES string of the molecule is CC(C)CCC[C@@H](C)[C@H]1C[C@H](F)[C@@]2(C)C3=C(CC[C@]12C)[C@@]1(C)CC[C@H](OC(=O)c2ccccc2)C(C)(C)[C@@H]1CC3. The highest BCUT2D eigenvalue weighted by atomic mass is 19.1. The minimum Gasteiger partial charge on any atom is -0.458 e. The molecule has 2 saturated carbocycles. The Kier molecular flexibility index (Phi) is 7.88. The quantitative estimate of drug-likeness (QED) is 0.249. The fourth-order valence-corrected chi connectivity index (χ4v) is 10.6. The zero-order valence-corrected chi connectivity index (χ0v) is 26.6. The lowest BCUT2D eigenvalue weighted by Gasteiger charge is -2.62. The van der Waals surface area contributed by atoms with Gasteiger partial charge in [0.05, 0.1) is 5.56 Å². The maximum absolute atomic E-state index is 16.5. The van der Waals surface area contributed by atoms with E-state index in [1.54, 1.807) is 5.57 Å². The van der Waals surface area contributed by atoms with Gasteiger partial charge in [0.25, 0.3) is 0 Å². The molecule has 8 atom stereocenters. The number of esters is 1. The minimum absolute atomic E-state index is 0.0314. The second kappa shape index (κ2) is 10.6. The Bertz CT molecular complexity index is 1120. The highest BCUT2D eigenvalue weighted by Crippen LogP contribution is 2.73. The van der Waals surface area contributed by atoms with Crippen LogP contribution in [0.3, 0.4) is 0 Å². The molecule has 1 aromatic carbocycles. The Morgan fingerprint density at radius 1 is 0.950 bits per heavy atom. The van der Waals surface area contributed by atoms with E-state index in [0.29, 0.717) is 23.3 Å². The van der Waals surface area contributed by atoms with Gasteiger partial charge in [0.1, 0.15) is 12.3 Å². The van der Waals surface area contributed by atoms with Crippen molar-refractivity contribution in [3.8, 4) is 0 Å². The number of carbonyl (C=O) groups excluding carboxylic acids is 1. The van der Waals surface area contributed by atoms with E-state index in [1.807, 2.05) is 30.3 Å². The first-order valence-corrected chi connectivity index (χ1v) is 16.4. The van der Waals surface area contributed by atoms with Crippen LogP contribution in [0.5, 0.6) is 0 Å². The summed E-state index contributed by atoms with van der Waals surface area (Å²) < 4.78 is 22.7. The zero-order chi connectivity index (χ0) is 29.1. The number of ether oxygens (including phenoxy) is 1. The predicted molar refractivity (Wildman–Crippen MR) is 163 cm³/mol. The van der Waals surface area contributed by atoms with E-state index >= 15 is 4.39 Å². The van der Waals surface area contributed by atoms with Gasteiger partial charge >= 0.3 is 5.97 Å². The summed E-state index contributed by atoms with van der Waals surface area (Å²) in [5.74, 6) is 2.00. The van der Waals surface area contributed by atoms with Crippen molar-refractivity contribution in [3.05, 3.63) is 47.0 Å². The Balaban J connectivity index is 1.40. The van der Waals surface area contributed by atoms with E-state index in [9.17, 15) is 4.79 Å². The second-order valence-electron chi connectivity index (χ2n) is 15.8. The molecule has 0 N–H and O–H groups in total. The third-order valence-electron chi connectivity index (χ3n) is 13.2. The van der Waals surface area contributed by atoms with Crippen LogP contribution in [0.2, 0.25) is 0 Å². The molecule has 1 aromatic rings. The number of hydrogen-bond acceptors (Lipinski definition) is 2. The third-order valence-corrected chi connectivity index (χ3v) is 13.2. The van der Waals surface area contributed by atoms with Crippen molar-refractivity contribution in [2.45, 2.75) is 132 Å². The molecule has 0 aliphatic heterocycles. The van der Waals surface area contributed by atoms with Gasteiger partial charge in [-0.2, -0.15) is 0 Å². The molecule has 4 aliphatic carbocycles. The van der Waals surface area contributed by atoms with Crippen LogP contribution >= 0.6 is 0 Å². The van der Waals surface area contributed by atoms with Crippen LogP contribution in [0.15, 0.2) is 41.5 Å². The molecule has 0 spiro atoms. The molecule has 0 radical (unpaired) electrons. The molecule has 222 valence electrons. The van der Waals surface area contributed by atoms with Crippen LogP contribution in [0.1, 0.15) is 130 Å². The lowest BCUT2D eigenvalue weighted by molar-refractivity contribution is -0.105. The Morgan fingerprint density at radius 2 is 1.65 bits per heavy atom. The van der Waals surface area contributed by atoms with Crippen molar-refractivity contribution in [3.63, 3.8) is 0 Å². The maximum Gasteiger partial charge on any atom is 0.338 e. The molecule has 2 fully saturated rings. The van der Waals surface area contributed by atoms with Crippen molar-refractivity contribution in [2.75, 3.05) is 0 Å². The number of halogens is 1. The molecule has 0 aromatic heterocycles. The van der Waals surface area contributed by atoms with Crippen LogP contribution in [-0.2, 0) is 4.74 Å². The van der Waals surface area contributed by atoms with Crippen molar-refractivity contribution < 1.29 is 13.9 Å². The first-order chi connectivity index (χ1) is 18.8. The maximum atomic E-state index is 16.5. The van der Waals surface area contributed by atoms with Crippen LogP contribution in [0.25, 0.3) is 0 Å². The number of allylic oxidation sites excluding steroid dienone is 2. The molecule has 3 heteroatoms. The van der Waals surface area contributed by atoms with Crippen molar-refractivity contribution in [1.29, 1.82) is 0 Å². The first kappa shape index (κ1) is 29.8. The smallest absolute Gasteiger partial charge is 0.338 e. The monoisotopic (exact) mass is 550 g/mol. The summed E-state index contributed by atoms with van der Waals surface area (Å²) in [5.41, 5.74) is 3.30. The van der Waals surface area contributed by atoms with E-state index in [1.165, 1.54) is 24.8 Å². The average Bonchev–Trinajstić information content (AvgIpc) is 3.12. The van der Waals surface area contributed by atoms with E-state index in [-0.39, 0.29) is 33.7 Å². The molecule has 0 amide bonds. The molecule has 0 heterocycles. The fraction of sp³-hybridized carbons (Fsp3) is 0.757. The van der Waals surface area contributed by atoms with Crippen LogP contribution in [0.4, 0.5) is 4.39 Å². The average molecular weight is 551 g/mol. The van der Waals surface area contributed by atoms with E-state index in [2.05, 4.69) is 55.4 Å². The molecule has 2 nitrogen and oxygen atoms in total. The summed E-state index contributed by atoms with van der Waals surface area (Å²) in [5, 5.41) is 0. The molecule has 4 aliphatic rings. The first-order valence-electron chi connectivity index (χ1n) is 16.4. The van der Waals surface area contributed by atoms with Gasteiger partial charge in [-0.15, -0.1) is 0 Å².